The molecule has 0 spiro atoms. The molecule has 1 nitrogen and oxygen atoms in total. The first kappa shape index (κ1) is 14.6. The van der Waals surface area contributed by atoms with Gasteiger partial charge in [-0.1, -0.05) is 57.2 Å². The SMILES string of the molecule is COc1ccc([CH]Cc2ccc(C(C)(C)C)cc2)cc1. The molecule has 1 radical (unpaired) electrons. The van der Waals surface area contributed by atoms with E-state index in [9.17, 15) is 0 Å². The van der Waals surface area contributed by atoms with Gasteiger partial charge in [-0.15, -0.1) is 0 Å². The minimum atomic E-state index is 0.220. The standard InChI is InChI=1S/C19H23O/c1-19(2,3)17-11-7-15(8-12-17)5-6-16-9-13-18(20-4)14-10-16/h6-14H,5H2,1-4H3. The van der Waals surface area contributed by atoms with Crippen LogP contribution in [-0.2, 0) is 11.8 Å². The molecule has 2 aromatic carbocycles. The highest BCUT2D eigenvalue weighted by Gasteiger charge is 2.12. The van der Waals surface area contributed by atoms with Gasteiger partial charge < -0.3 is 4.74 Å². The number of benzene rings is 2. The van der Waals surface area contributed by atoms with Crippen LogP contribution in [-0.4, -0.2) is 7.11 Å². The Morgan fingerprint density at radius 2 is 1.50 bits per heavy atom. The van der Waals surface area contributed by atoms with Crippen LogP contribution in [0, 0.1) is 6.42 Å². The second-order valence-electron chi connectivity index (χ2n) is 6.13. The van der Waals surface area contributed by atoms with Gasteiger partial charge in [0.05, 0.1) is 7.11 Å². The smallest absolute Gasteiger partial charge is 0.118 e. The molecule has 0 bridgehead atoms. The zero-order valence-electron chi connectivity index (χ0n) is 12.8. The molecule has 0 unspecified atom stereocenters. The van der Waals surface area contributed by atoms with E-state index in [0.717, 1.165) is 12.2 Å². The maximum Gasteiger partial charge on any atom is 0.118 e. The molecule has 105 valence electrons. The summed E-state index contributed by atoms with van der Waals surface area (Å²) in [4.78, 5) is 0. The Morgan fingerprint density at radius 3 is 2.00 bits per heavy atom. The van der Waals surface area contributed by atoms with Gasteiger partial charge in [0.15, 0.2) is 0 Å². The Bertz CT molecular complexity index is 529. The van der Waals surface area contributed by atoms with E-state index >= 15 is 0 Å². The number of hydrogen-bond acceptors (Lipinski definition) is 1. The van der Waals surface area contributed by atoms with Crippen molar-refractivity contribution < 1.29 is 4.74 Å². The molecule has 0 aliphatic rings. The van der Waals surface area contributed by atoms with Gasteiger partial charge in [-0.25, -0.2) is 0 Å². The lowest BCUT2D eigenvalue weighted by atomic mass is 9.86. The molecule has 0 aromatic heterocycles. The zero-order chi connectivity index (χ0) is 14.6. The summed E-state index contributed by atoms with van der Waals surface area (Å²) in [5.74, 6) is 0.900. The number of ether oxygens (including phenoxy) is 1. The molecule has 0 N–H and O–H groups in total. The van der Waals surface area contributed by atoms with Crippen molar-refractivity contribution in [3.8, 4) is 5.75 Å². The molecule has 0 fully saturated rings. The lowest BCUT2D eigenvalue weighted by Crippen LogP contribution is -2.10. The average molecular weight is 267 g/mol. The molecule has 0 heterocycles. The molecule has 2 rings (SSSR count). The van der Waals surface area contributed by atoms with E-state index in [1.165, 1.54) is 16.7 Å². The maximum atomic E-state index is 5.16. The summed E-state index contributed by atoms with van der Waals surface area (Å²) in [7, 11) is 1.69. The van der Waals surface area contributed by atoms with Gasteiger partial charge in [0.25, 0.3) is 0 Å². The first-order valence-corrected chi connectivity index (χ1v) is 7.06. The van der Waals surface area contributed by atoms with E-state index in [4.69, 9.17) is 4.74 Å². The summed E-state index contributed by atoms with van der Waals surface area (Å²) in [6.07, 6.45) is 3.20. The van der Waals surface area contributed by atoms with Gasteiger partial charge in [0.2, 0.25) is 0 Å². The van der Waals surface area contributed by atoms with Crippen LogP contribution in [0.1, 0.15) is 37.5 Å². The summed E-state index contributed by atoms with van der Waals surface area (Å²) < 4.78 is 5.16. The Labute approximate surface area is 122 Å². The van der Waals surface area contributed by atoms with Gasteiger partial charge in [-0.2, -0.15) is 0 Å². The van der Waals surface area contributed by atoms with Gasteiger partial charge in [-0.3, -0.25) is 0 Å². The zero-order valence-corrected chi connectivity index (χ0v) is 12.8. The van der Waals surface area contributed by atoms with Crippen LogP contribution < -0.4 is 4.74 Å². The summed E-state index contributed by atoms with van der Waals surface area (Å²) in [5, 5.41) is 0. The van der Waals surface area contributed by atoms with Gasteiger partial charge in [0, 0.05) is 0 Å². The second kappa shape index (κ2) is 6.13. The largest absolute Gasteiger partial charge is 0.497 e. The van der Waals surface area contributed by atoms with Gasteiger partial charge in [0.1, 0.15) is 5.75 Å². The van der Waals surface area contributed by atoms with E-state index in [0.29, 0.717) is 0 Å². The lowest BCUT2D eigenvalue weighted by molar-refractivity contribution is 0.414. The van der Waals surface area contributed by atoms with E-state index in [1.54, 1.807) is 7.11 Å². The average Bonchev–Trinajstić information content (AvgIpc) is 2.45. The minimum absolute atomic E-state index is 0.220. The van der Waals surface area contributed by atoms with E-state index < -0.39 is 0 Å². The number of rotatable bonds is 4. The predicted molar refractivity (Wildman–Crippen MR) is 85.2 cm³/mol. The van der Waals surface area contributed by atoms with Crippen molar-refractivity contribution in [3.05, 3.63) is 71.6 Å². The van der Waals surface area contributed by atoms with Crippen molar-refractivity contribution >= 4 is 0 Å². The molecule has 0 saturated carbocycles. The van der Waals surface area contributed by atoms with Crippen molar-refractivity contribution in [2.75, 3.05) is 7.11 Å². The van der Waals surface area contributed by atoms with Crippen LogP contribution in [0.3, 0.4) is 0 Å². The molecule has 1 heteroatoms. The highest BCUT2D eigenvalue weighted by molar-refractivity contribution is 5.34. The molecule has 2 aromatic rings. The predicted octanol–water partition coefficient (Wildman–Crippen LogP) is 4.79. The van der Waals surface area contributed by atoms with Crippen LogP contribution >= 0.6 is 0 Å². The van der Waals surface area contributed by atoms with E-state index in [1.807, 2.05) is 12.1 Å². The molecule has 0 aliphatic carbocycles. The van der Waals surface area contributed by atoms with Crippen LogP contribution in [0.15, 0.2) is 48.5 Å². The highest BCUT2D eigenvalue weighted by Crippen LogP contribution is 2.23. The van der Waals surface area contributed by atoms with Crippen molar-refractivity contribution in [1.29, 1.82) is 0 Å². The molecule has 0 amide bonds. The molecule has 0 atom stereocenters. The summed E-state index contributed by atoms with van der Waals surface area (Å²) in [6, 6.07) is 17.1. The Hall–Kier alpha value is -1.76. The molecule has 0 saturated heterocycles. The fourth-order valence-electron chi connectivity index (χ4n) is 2.12. The van der Waals surface area contributed by atoms with Crippen molar-refractivity contribution in [2.24, 2.45) is 0 Å². The normalized spacial score (nSPS) is 11.4. The molecule has 0 aliphatic heterocycles. The molecular weight excluding hydrogens is 244 g/mol. The Balaban J connectivity index is 1.96. The van der Waals surface area contributed by atoms with Gasteiger partial charge >= 0.3 is 0 Å². The first-order valence-electron chi connectivity index (χ1n) is 7.06. The van der Waals surface area contributed by atoms with Crippen LogP contribution in [0.4, 0.5) is 0 Å². The molecule has 20 heavy (non-hydrogen) atoms. The van der Waals surface area contributed by atoms with Crippen LogP contribution in [0.25, 0.3) is 0 Å². The van der Waals surface area contributed by atoms with Crippen molar-refractivity contribution in [2.45, 2.75) is 32.6 Å². The van der Waals surface area contributed by atoms with Crippen LogP contribution in [0.5, 0.6) is 5.75 Å². The third kappa shape index (κ3) is 3.86. The monoisotopic (exact) mass is 267 g/mol. The topological polar surface area (TPSA) is 9.23 Å². The quantitative estimate of drug-likeness (QED) is 0.774. The molecular formula is C19H23O. The first-order chi connectivity index (χ1) is 9.49. The van der Waals surface area contributed by atoms with Crippen LogP contribution in [0.2, 0.25) is 0 Å². The highest BCUT2D eigenvalue weighted by atomic mass is 16.5. The third-order valence-corrected chi connectivity index (χ3v) is 3.51. The van der Waals surface area contributed by atoms with Gasteiger partial charge in [-0.05, 0) is 47.1 Å². The van der Waals surface area contributed by atoms with E-state index in [2.05, 4.69) is 63.6 Å². The van der Waals surface area contributed by atoms with E-state index in [-0.39, 0.29) is 5.41 Å². The fraction of sp³-hybridized carbons (Fsp3) is 0.316. The third-order valence-electron chi connectivity index (χ3n) is 3.51. The Kier molecular flexibility index (Phi) is 4.49. The minimum Gasteiger partial charge on any atom is -0.497 e. The van der Waals surface area contributed by atoms with Crippen molar-refractivity contribution in [3.63, 3.8) is 0 Å². The number of methoxy groups -OCH3 is 1. The summed E-state index contributed by atoms with van der Waals surface area (Å²) >= 11 is 0. The number of hydrogen-bond donors (Lipinski definition) is 0. The second-order valence-corrected chi connectivity index (χ2v) is 6.13. The Morgan fingerprint density at radius 1 is 0.900 bits per heavy atom. The van der Waals surface area contributed by atoms with Crippen molar-refractivity contribution in [1.82, 2.24) is 0 Å². The summed E-state index contributed by atoms with van der Waals surface area (Å²) in [6.45, 7) is 6.72. The lowest BCUT2D eigenvalue weighted by Gasteiger charge is -2.19. The summed E-state index contributed by atoms with van der Waals surface area (Å²) in [5.41, 5.74) is 4.17. The maximum absolute atomic E-state index is 5.16. The fourth-order valence-corrected chi connectivity index (χ4v) is 2.12.